The van der Waals surface area contributed by atoms with Crippen LogP contribution in [0.15, 0.2) is 53.4 Å². The summed E-state index contributed by atoms with van der Waals surface area (Å²) in [6, 6.07) is 9.58. The number of nitrogens with two attached hydrogens (primary N) is 1. The van der Waals surface area contributed by atoms with Crippen molar-refractivity contribution in [1.29, 1.82) is 0 Å². The molecule has 1 aromatic carbocycles. The first-order chi connectivity index (χ1) is 10.2. The molecule has 2 N–H and O–H groups in total. The van der Waals surface area contributed by atoms with Gasteiger partial charge in [-0.15, -0.1) is 0 Å². The summed E-state index contributed by atoms with van der Waals surface area (Å²) < 4.78 is 2.74. The van der Waals surface area contributed by atoms with Gasteiger partial charge in [0.2, 0.25) is 0 Å². The lowest BCUT2D eigenvalue weighted by Crippen LogP contribution is -1.99. The number of nitrogen functional groups attached to an aromatic ring is 1. The van der Waals surface area contributed by atoms with Gasteiger partial charge in [-0.05, 0) is 46.3 Å². The monoisotopic (exact) mass is 339 g/mol. The second-order valence-electron chi connectivity index (χ2n) is 4.73. The molecule has 0 bridgehead atoms. The number of fused-ring (bicyclic) bond motifs is 2. The predicted octanol–water partition coefficient (Wildman–Crippen LogP) is 3.31. The lowest BCUT2D eigenvalue weighted by atomic mass is 10.2. The molecular weight excluding hydrogens is 330 g/mol. The first-order valence-electron chi connectivity index (χ1n) is 6.36. The molecule has 0 fully saturated rings. The Kier molecular flexibility index (Phi) is 2.65. The van der Waals surface area contributed by atoms with E-state index in [4.69, 9.17) is 5.73 Å². The van der Waals surface area contributed by atoms with Crippen LogP contribution in [-0.4, -0.2) is 19.7 Å². The molecular formula is C15H10BrN5. The molecule has 0 aliphatic carbocycles. The second kappa shape index (κ2) is 4.53. The Bertz CT molecular complexity index is 976. The number of aromatic nitrogens is 4. The Morgan fingerprint density at radius 2 is 1.95 bits per heavy atom. The summed E-state index contributed by atoms with van der Waals surface area (Å²) in [5, 5.41) is 5.49. The highest BCUT2D eigenvalue weighted by Crippen LogP contribution is 2.25. The molecule has 0 atom stereocenters. The molecule has 4 aromatic rings. The van der Waals surface area contributed by atoms with Crippen molar-refractivity contribution in [1.82, 2.24) is 19.7 Å². The highest BCUT2D eigenvalue weighted by Gasteiger charge is 2.10. The first kappa shape index (κ1) is 12.3. The van der Waals surface area contributed by atoms with Crippen LogP contribution in [0.2, 0.25) is 0 Å². The van der Waals surface area contributed by atoms with Crippen molar-refractivity contribution >= 4 is 43.6 Å². The van der Waals surface area contributed by atoms with Gasteiger partial charge in [0, 0.05) is 27.9 Å². The number of halogens is 1. The largest absolute Gasteiger partial charge is 0.399 e. The van der Waals surface area contributed by atoms with Crippen molar-refractivity contribution < 1.29 is 0 Å². The van der Waals surface area contributed by atoms with Crippen LogP contribution < -0.4 is 5.73 Å². The summed E-state index contributed by atoms with van der Waals surface area (Å²) in [5.74, 6) is 0. The Balaban J connectivity index is 2.06. The highest BCUT2D eigenvalue weighted by molar-refractivity contribution is 9.10. The predicted molar refractivity (Wildman–Crippen MR) is 86.3 cm³/mol. The molecule has 0 radical (unpaired) electrons. The molecule has 6 heteroatoms. The molecule has 0 aliphatic heterocycles. The minimum Gasteiger partial charge on any atom is -0.399 e. The third-order valence-electron chi connectivity index (χ3n) is 3.35. The highest BCUT2D eigenvalue weighted by atomic mass is 79.9. The molecule has 3 aromatic heterocycles. The summed E-state index contributed by atoms with van der Waals surface area (Å²) in [5.41, 5.74) is 10.0. The summed E-state index contributed by atoms with van der Waals surface area (Å²) in [4.78, 5) is 8.82. The van der Waals surface area contributed by atoms with Crippen LogP contribution in [0.1, 0.15) is 0 Å². The molecule has 3 heterocycles. The SMILES string of the molecule is Nc1ccc2cnn(-c3ccnc4cc(Br)cnc34)c2c1. The first-order valence-corrected chi connectivity index (χ1v) is 7.15. The molecule has 0 spiro atoms. The van der Waals surface area contributed by atoms with E-state index in [1.54, 1.807) is 12.4 Å². The van der Waals surface area contributed by atoms with Crippen LogP contribution in [0.4, 0.5) is 5.69 Å². The standard InChI is InChI=1S/C15H10BrN5/c16-10-5-12-15(19-8-10)13(3-4-18-12)21-14-6-11(17)2-1-9(14)7-20-21/h1-8H,17H2. The maximum Gasteiger partial charge on any atom is 0.114 e. The van der Waals surface area contributed by atoms with Gasteiger partial charge in [-0.1, -0.05) is 0 Å². The summed E-state index contributed by atoms with van der Waals surface area (Å²) in [6.07, 6.45) is 5.33. The zero-order valence-corrected chi connectivity index (χ0v) is 12.4. The number of pyridine rings is 2. The second-order valence-corrected chi connectivity index (χ2v) is 5.64. The van der Waals surface area contributed by atoms with Gasteiger partial charge in [-0.25, -0.2) is 4.68 Å². The third kappa shape index (κ3) is 1.95. The zero-order chi connectivity index (χ0) is 14.4. The van der Waals surface area contributed by atoms with Crippen molar-refractivity contribution in [2.45, 2.75) is 0 Å². The smallest absolute Gasteiger partial charge is 0.114 e. The van der Waals surface area contributed by atoms with Crippen molar-refractivity contribution in [3.63, 3.8) is 0 Å². The van der Waals surface area contributed by atoms with Gasteiger partial charge in [0.15, 0.2) is 0 Å². The van der Waals surface area contributed by atoms with Crippen LogP contribution in [0.5, 0.6) is 0 Å². The fourth-order valence-corrected chi connectivity index (χ4v) is 2.71. The average molecular weight is 340 g/mol. The molecule has 5 nitrogen and oxygen atoms in total. The number of benzene rings is 1. The topological polar surface area (TPSA) is 69.6 Å². The minimum absolute atomic E-state index is 0.707. The Morgan fingerprint density at radius 3 is 2.86 bits per heavy atom. The molecule has 0 unspecified atom stereocenters. The van der Waals surface area contributed by atoms with E-state index in [2.05, 4.69) is 31.0 Å². The van der Waals surface area contributed by atoms with Gasteiger partial charge in [-0.2, -0.15) is 5.10 Å². The number of hydrogen-bond donors (Lipinski definition) is 1. The van der Waals surface area contributed by atoms with Gasteiger partial charge < -0.3 is 5.73 Å². The summed E-state index contributed by atoms with van der Waals surface area (Å²) >= 11 is 3.41. The molecule has 0 saturated carbocycles. The zero-order valence-electron chi connectivity index (χ0n) is 10.9. The van der Waals surface area contributed by atoms with Crippen molar-refractivity contribution in [2.24, 2.45) is 0 Å². The molecule has 0 saturated heterocycles. The molecule has 0 aliphatic rings. The van der Waals surface area contributed by atoms with E-state index in [0.717, 1.165) is 32.1 Å². The van der Waals surface area contributed by atoms with Crippen molar-refractivity contribution in [3.8, 4) is 5.69 Å². The van der Waals surface area contributed by atoms with Gasteiger partial charge in [-0.3, -0.25) is 9.97 Å². The lowest BCUT2D eigenvalue weighted by Gasteiger charge is -2.07. The molecule has 21 heavy (non-hydrogen) atoms. The van der Waals surface area contributed by atoms with Crippen LogP contribution >= 0.6 is 15.9 Å². The van der Waals surface area contributed by atoms with E-state index < -0.39 is 0 Å². The lowest BCUT2D eigenvalue weighted by molar-refractivity contribution is 0.913. The van der Waals surface area contributed by atoms with E-state index in [9.17, 15) is 0 Å². The van der Waals surface area contributed by atoms with Crippen LogP contribution in [0.3, 0.4) is 0 Å². The van der Waals surface area contributed by atoms with Gasteiger partial charge >= 0.3 is 0 Å². The quantitative estimate of drug-likeness (QED) is 0.540. The van der Waals surface area contributed by atoms with Crippen molar-refractivity contribution in [3.05, 3.63) is 53.4 Å². The van der Waals surface area contributed by atoms with E-state index in [1.807, 2.05) is 41.2 Å². The van der Waals surface area contributed by atoms with Crippen LogP contribution in [0.25, 0.3) is 27.6 Å². The maximum absolute atomic E-state index is 5.89. The number of anilines is 1. The molecule has 4 rings (SSSR count). The summed E-state index contributed by atoms with van der Waals surface area (Å²) in [7, 11) is 0. The Morgan fingerprint density at radius 1 is 1.05 bits per heavy atom. The number of rotatable bonds is 1. The van der Waals surface area contributed by atoms with Gasteiger partial charge in [0.25, 0.3) is 0 Å². The maximum atomic E-state index is 5.89. The molecule has 0 amide bonds. The van der Waals surface area contributed by atoms with Crippen molar-refractivity contribution in [2.75, 3.05) is 5.73 Å². The third-order valence-corrected chi connectivity index (χ3v) is 3.78. The molecule has 102 valence electrons. The fourth-order valence-electron chi connectivity index (χ4n) is 2.39. The Hall–Kier alpha value is -2.47. The van der Waals surface area contributed by atoms with Gasteiger partial charge in [0.05, 0.1) is 22.9 Å². The van der Waals surface area contributed by atoms with E-state index >= 15 is 0 Å². The normalized spacial score (nSPS) is 11.3. The van der Waals surface area contributed by atoms with Crippen LogP contribution in [0, 0.1) is 0 Å². The Labute approximate surface area is 128 Å². The van der Waals surface area contributed by atoms with Crippen LogP contribution in [-0.2, 0) is 0 Å². The average Bonchev–Trinajstić information content (AvgIpc) is 2.89. The fraction of sp³-hybridized carbons (Fsp3) is 0. The van der Waals surface area contributed by atoms with E-state index in [0.29, 0.717) is 5.69 Å². The van der Waals surface area contributed by atoms with E-state index in [-0.39, 0.29) is 0 Å². The number of nitrogens with zero attached hydrogens (tertiary/aromatic N) is 4. The summed E-state index contributed by atoms with van der Waals surface area (Å²) in [6.45, 7) is 0. The minimum atomic E-state index is 0.707. The van der Waals surface area contributed by atoms with E-state index in [1.165, 1.54) is 0 Å². The number of hydrogen-bond acceptors (Lipinski definition) is 4. The van der Waals surface area contributed by atoms with Gasteiger partial charge in [0.1, 0.15) is 5.52 Å².